The van der Waals surface area contributed by atoms with Crippen LogP contribution in [-0.2, 0) is 0 Å². The van der Waals surface area contributed by atoms with Gasteiger partial charge in [-0.05, 0) is 31.6 Å². The Kier molecular flexibility index (Phi) is 4.19. The molecule has 0 aliphatic carbocycles. The monoisotopic (exact) mass is 212 g/mol. The van der Waals surface area contributed by atoms with Crippen molar-refractivity contribution in [1.82, 2.24) is 4.90 Å². The molecular weight excluding hydrogens is 184 g/mol. The van der Waals surface area contributed by atoms with E-state index in [1.54, 1.807) is 0 Å². The van der Waals surface area contributed by atoms with E-state index < -0.39 is 0 Å². The van der Waals surface area contributed by atoms with Gasteiger partial charge < -0.3 is 5.73 Å². The van der Waals surface area contributed by atoms with E-state index in [0.717, 1.165) is 12.6 Å². The summed E-state index contributed by atoms with van der Waals surface area (Å²) in [5.74, 6) is 0. The fourth-order valence-corrected chi connectivity index (χ4v) is 2.99. The van der Waals surface area contributed by atoms with Crippen LogP contribution < -0.4 is 5.73 Å². The summed E-state index contributed by atoms with van der Waals surface area (Å²) in [4.78, 5) is 2.68. The van der Waals surface area contributed by atoms with Crippen LogP contribution in [0.25, 0.3) is 0 Å². The zero-order valence-electron chi connectivity index (χ0n) is 11.1. The van der Waals surface area contributed by atoms with E-state index >= 15 is 0 Å². The third-order valence-corrected chi connectivity index (χ3v) is 3.90. The van der Waals surface area contributed by atoms with E-state index in [2.05, 4.69) is 39.5 Å². The first kappa shape index (κ1) is 13.0. The van der Waals surface area contributed by atoms with Crippen LogP contribution in [0.2, 0.25) is 0 Å². The molecule has 0 aromatic rings. The number of nitrogens with zero attached hydrogens (tertiary/aromatic N) is 1. The Morgan fingerprint density at radius 3 is 2.33 bits per heavy atom. The predicted octanol–water partition coefficient (Wildman–Crippen LogP) is 2.62. The molecule has 1 saturated heterocycles. The second-order valence-electron chi connectivity index (χ2n) is 6.05. The first-order chi connectivity index (χ1) is 6.91. The van der Waals surface area contributed by atoms with E-state index in [1.807, 2.05) is 0 Å². The number of nitrogens with two attached hydrogens (primary N) is 1. The highest BCUT2D eigenvalue weighted by Crippen LogP contribution is 2.34. The molecule has 0 amide bonds. The van der Waals surface area contributed by atoms with Gasteiger partial charge in [-0.25, -0.2) is 0 Å². The number of hydrogen-bond acceptors (Lipinski definition) is 2. The van der Waals surface area contributed by atoms with Crippen molar-refractivity contribution in [1.29, 1.82) is 0 Å². The van der Waals surface area contributed by atoms with E-state index in [4.69, 9.17) is 5.73 Å². The molecule has 0 aromatic heterocycles. The van der Waals surface area contributed by atoms with Gasteiger partial charge in [0.1, 0.15) is 0 Å². The molecule has 1 heterocycles. The fraction of sp³-hybridized carbons (Fsp3) is 1.00. The Balaban J connectivity index is 2.81. The number of likely N-dealkylation sites (tertiary alicyclic amines) is 1. The fourth-order valence-electron chi connectivity index (χ4n) is 2.99. The first-order valence-corrected chi connectivity index (χ1v) is 6.39. The van der Waals surface area contributed by atoms with Crippen LogP contribution in [0.5, 0.6) is 0 Å². The molecule has 1 aliphatic rings. The van der Waals surface area contributed by atoms with E-state index in [0.29, 0.717) is 17.5 Å². The Hall–Kier alpha value is -0.0800. The van der Waals surface area contributed by atoms with Crippen molar-refractivity contribution in [3.05, 3.63) is 0 Å². The third-order valence-electron chi connectivity index (χ3n) is 3.90. The standard InChI is InChI=1S/C13H28N2/c1-6-11-8-7-10(2)15(11)12(9-14)13(3,4)5/h10-12H,6-9,14H2,1-5H3. The summed E-state index contributed by atoms with van der Waals surface area (Å²) < 4.78 is 0. The van der Waals surface area contributed by atoms with Gasteiger partial charge in [0.25, 0.3) is 0 Å². The molecule has 15 heavy (non-hydrogen) atoms. The average Bonchev–Trinajstić information content (AvgIpc) is 2.47. The van der Waals surface area contributed by atoms with Crippen LogP contribution >= 0.6 is 0 Å². The van der Waals surface area contributed by atoms with Crippen LogP contribution in [0, 0.1) is 5.41 Å². The van der Waals surface area contributed by atoms with Crippen molar-refractivity contribution in [3.8, 4) is 0 Å². The predicted molar refractivity (Wildman–Crippen MR) is 66.9 cm³/mol. The van der Waals surface area contributed by atoms with Crippen molar-refractivity contribution in [2.45, 2.75) is 72.0 Å². The van der Waals surface area contributed by atoms with E-state index in [1.165, 1.54) is 19.3 Å². The lowest BCUT2D eigenvalue weighted by atomic mass is 9.84. The molecule has 1 fully saturated rings. The van der Waals surface area contributed by atoms with Gasteiger partial charge in [0.15, 0.2) is 0 Å². The molecule has 0 aromatic carbocycles. The molecular formula is C13H28N2. The molecule has 0 bridgehead atoms. The molecule has 0 spiro atoms. The van der Waals surface area contributed by atoms with Crippen LogP contribution in [-0.4, -0.2) is 29.6 Å². The summed E-state index contributed by atoms with van der Waals surface area (Å²) in [7, 11) is 0. The van der Waals surface area contributed by atoms with Gasteiger partial charge in [-0.3, -0.25) is 4.90 Å². The molecule has 90 valence electrons. The van der Waals surface area contributed by atoms with Gasteiger partial charge in [0.05, 0.1) is 0 Å². The zero-order valence-corrected chi connectivity index (χ0v) is 11.1. The van der Waals surface area contributed by atoms with Crippen molar-refractivity contribution in [3.63, 3.8) is 0 Å². The molecule has 2 heteroatoms. The molecule has 2 nitrogen and oxygen atoms in total. The Labute approximate surface area is 95.2 Å². The first-order valence-electron chi connectivity index (χ1n) is 6.39. The Morgan fingerprint density at radius 2 is 1.93 bits per heavy atom. The normalized spacial score (nSPS) is 30.8. The topological polar surface area (TPSA) is 29.3 Å². The maximum absolute atomic E-state index is 5.98. The Bertz CT molecular complexity index is 195. The molecule has 1 rings (SSSR count). The van der Waals surface area contributed by atoms with Gasteiger partial charge in [-0.15, -0.1) is 0 Å². The maximum Gasteiger partial charge on any atom is 0.0272 e. The van der Waals surface area contributed by atoms with Gasteiger partial charge in [-0.1, -0.05) is 27.7 Å². The van der Waals surface area contributed by atoms with Crippen LogP contribution in [0.1, 0.15) is 53.9 Å². The summed E-state index contributed by atoms with van der Waals surface area (Å²) in [5.41, 5.74) is 6.27. The summed E-state index contributed by atoms with van der Waals surface area (Å²) in [5, 5.41) is 0. The smallest absolute Gasteiger partial charge is 0.0272 e. The maximum atomic E-state index is 5.98. The second-order valence-corrected chi connectivity index (χ2v) is 6.05. The lowest BCUT2D eigenvalue weighted by molar-refractivity contribution is 0.0619. The highest BCUT2D eigenvalue weighted by molar-refractivity contribution is 4.94. The van der Waals surface area contributed by atoms with Gasteiger partial charge >= 0.3 is 0 Å². The lowest BCUT2D eigenvalue weighted by Crippen LogP contribution is -2.53. The molecule has 3 atom stereocenters. The third kappa shape index (κ3) is 2.73. The van der Waals surface area contributed by atoms with Crippen LogP contribution in [0.3, 0.4) is 0 Å². The summed E-state index contributed by atoms with van der Waals surface area (Å²) >= 11 is 0. The number of rotatable bonds is 3. The molecule has 3 unspecified atom stereocenters. The molecule has 0 saturated carbocycles. The van der Waals surface area contributed by atoms with E-state index in [9.17, 15) is 0 Å². The van der Waals surface area contributed by atoms with Crippen LogP contribution in [0.15, 0.2) is 0 Å². The van der Waals surface area contributed by atoms with Crippen molar-refractivity contribution in [2.75, 3.05) is 6.54 Å². The highest BCUT2D eigenvalue weighted by Gasteiger charge is 2.39. The van der Waals surface area contributed by atoms with Crippen molar-refractivity contribution >= 4 is 0 Å². The van der Waals surface area contributed by atoms with Crippen LogP contribution in [0.4, 0.5) is 0 Å². The SMILES string of the molecule is CCC1CCC(C)N1C(CN)C(C)(C)C. The van der Waals surface area contributed by atoms with Crippen molar-refractivity contribution < 1.29 is 0 Å². The van der Waals surface area contributed by atoms with Gasteiger partial charge in [-0.2, -0.15) is 0 Å². The summed E-state index contributed by atoms with van der Waals surface area (Å²) in [6.45, 7) is 12.4. The van der Waals surface area contributed by atoms with E-state index in [-0.39, 0.29) is 0 Å². The van der Waals surface area contributed by atoms with Crippen molar-refractivity contribution in [2.24, 2.45) is 11.1 Å². The Morgan fingerprint density at radius 1 is 1.33 bits per heavy atom. The quantitative estimate of drug-likeness (QED) is 0.779. The number of hydrogen-bond donors (Lipinski definition) is 1. The summed E-state index contributed by atoms with van der Waals surface area (Å²) in [6, 6.07) is 2.00. The lowest BCUT2D eigenvalue weighted by Gasteiger charge is -2.43. The average molecular weight is 212 g/mol. The van der Waals surface area contributed by atoms with Gasteiger partial charge in [0, 0.05) is 24.7 Å². The minimum absolute atomic E-state index is 0.292. The molecule has 2 N–H and O–H groups in total. The summed E-state index contributed by atoms with van der Waals surface area (Å²) in [6.07, 6.45) is 3.95. The second kappa shape index (κ2) is 4.84. The highest BCUT2D eigenvalue weighted by atomic mass is 15.2. The zero-order chi connectivity index (χ0) is 11.6. The largest absolute Gasteiger partial charge is 0.329 e. The minimum Gasteiger partial charge on any atom is -0.329 e. The molecule has 1 aliphatic heterocycles. The minimum atomic E-state index is 0.292. The molecule has 0 radical (unpaired) electrons. The van der Waals surface area contributed by atoms with Gasteiger partial charge in [0.2, 0.25) is 0 Å².